The highest BCUT2D eigenvalue weighted by atomic mass is 32.1. The summed E-state index contributed by atoms with van der Waals surface area (Å²) in [5, 5.41) is 8.07. The minimum atomic E-state index is 0.904. The standard InChI is InChI=1S/C15H19N3S/c1-11-18-10-14(19-11)9-16-8-12-4-5-15-13(7-12)3-2-6-17-15/h4-5,7,10,16-17H,2-3,6,8-9H2,1H3. The fourth-order valence-corrected chi connectivity index (χ4v) is 3.22. The van der Waals surface area contributed by atoms with Crippen LogP contribution in [0.15, 0.2) is 24.4 Å². The van der Waals surface area contributed by atoms with E-state index in [9.17, 15) is 0 Å². The predicted molar refractivity (Wildman–Crippen MR) is 80.6 cm³/mol. The number of aryl methyl sites for hydroxylation is 2. The smallest absolute Gasteiger partial charge is 0.0897 e. The molecule has 2 heterocycles. The molecule has 0 aliphatic carbocycles. The van der Waals surface area contributed by atoms with E-state index in [0.717, 1.165) is 24.6 Å². The maximum absolute atomic E-state index is 4.27. The molecular weight excluding hydrogens is 254 g/mol. The minimum Gasteiger partial charge on any atom is -0.385 e. The van der Waals surface area contributed by atoms with Crippen molar-refractivity contribution < 1.29 is 0 Å². The number of nitrogens with zero attached hydrogens (tertiary/aromatic N) is 1. The maximum atomic E-state index is 4.27. The van der Waals surface area contributed by atoms with Gasteiger partial charge in [-0.05, 0) is 37.0 Å². The molecule has 1 aromatic heterocycles. The highest BCUT2D eigenvalue weighted by Crippen LogP contribution is 2.22. The van der Waals surface area contributed by atoms with Crippen LogP contribution in [-0.4, -0.2) is 11.5 Å². The molecule has 0 bridgehead atoms. The van der Waals surface area contributed by atoms with E-state index in [-0.39, 0.29) is 0 Å². The maximum Gasteiger partial charge on any atom is 0.0897 e. The van der Waals surface area contributed by atoms with Gasteiger partial charge in [-0.15, -0.1) is 11.3 Å². The second kappa shape index (κ2) is 5.72. The average molecular weight is 273 g/mol. The Morgan fingerprint density at radius 1 is 1.37 bits per heavy atom. The van der Waals surface area contributed by atoms with Crippen molar-refractivity contribution in [1.29, 1.82) is 0 Å². The van der Waals surface area contributed by atoms with Gasteiger partial charge in [0.1, 0.15) is 0 Å². The summed E-state index contributed by atoms with van der Waals surface area (Å²) in [5.74, 6) is 0. The van der Waals surface area contributed by atoms with E-state index < -0.39 is 0 Å². The van der Waals surface area contributed by atoms with Gasteiger partial charge in [-0.2, -0.15) is 0 Å². The summed E-state index contributed by atoms with van der Waals surface area (Å²) in [4.78, 5) is 5.57. The van der Waals surface area contributed by atoms with Crippen LogP contribution >= 0.6 is 11.3 Å². The lowest BCUT2D eigenvalue weighted by Gasteiger charge is -2.18. The van der Waals surface area contributed by atoms with Crippen molar-refractivity contribution in [2.75, 3.05) is 11.9 Å². The number of hydrogen-bond donors (Lipinski definition) is 2. The van der Waals surface area contributed by atoms with Crippen molar-refractivity contribution in [3.05, 3.63) is 45.4 Å². The lowest BCUT2D eigenvalue weighted by molar-refractivity contribution is 0.698. The van der Waals surface area contributed by atoms with E-state index in [0.29, 0.717) is 0 Å². The largest absolute Gasteiger partial charge is 0.385 e. The Kier molecular flexibility index (Phi) is 3.80. The van der Waals surface area contributed by atoms with Gasteiger partial charge in [0.25, 0.3) is 0 Å². The van der Waals surface area contributed by atoms with Gasteiger partial charge in [0.15, 0.2) is 0 Å². The van der Waals surface area contributed by atoms with E-state index in [1.54, 1.807) is 11.3 Å². The third-order valence-corrected chi connectivity index (χ3v) is 4.32. The Balaban J connectivity index is 1.58. The van der Waals surface area contributed by atoms with Crippen LogP contribution < -0.4 is 10.6 Å². The topological polar surface area (TPSA) is 37.0 Å². The predicted octanol–water partition coefficient (Wildman–Crippen LogP) is 3.10. The van der Waals surface area contributed by atoms with E-state index in [1.807, 2.05) is 13.1 Å². The minimum absolute atomic E-state index is 0.904. The molecule has 0 atom stereocenters. The molecule has 0 amide bonds. The first-order chi connectivity index (χ1) is 9.31. The van der Waals surface area contributed by atoms with Gasteiger partial charge in [-0.1, -0.05) is 12.1 Å². The van der Waals surface area contributed by atoms with Crippen LogP contribution in [0, 0.1) is 6.92 Å². The molecule has 1 aliphatic rings. The molecule has 19 heavy (non-hydrogen) atoms. The van der Waals surface area contributed by atoms with Gasteiger partial charge in [0.05, 0.1) is 5.01 Å². The Morgan fingerprint density at radius 2 is 2.32 bits per heavy atom. The fraction of sp³-hybridized carbons (Fsp3) is 0.400. The molecule has 3 rings (SSSR count). The van der Waals surface area contributed by atoms with E-state index >= 15 is 0 Å². The highest BCUT2D eigenvalue weighted by molar-refractivity contribution is 7.11. The first-order valence-corrected chi connectivity index (χ1v) is 7.60. The summed E-state index contributed by atoms with van der Waals surface area (Å²) in [6, 6.07) is 6.75. The van der Waals surface area contributed by atoms with E-state index in [2.05, 4.69) is 33.8 Å². The Morgan fingerprint density at radius 3 is 3.16 bits per heavy atom. The van der Waals surface area contributed by atoms with Crippen molar-refractivity contribution in [2.24, 2.45) is 0 Å². The third kappa shape index (κ3) is 3.14. The van der Waals surface area contributed by atoms with Crippen LogP contribution in [0.25, 0.3) is 0 Å². The van der Waals surface area contributed by atoms with Crippen molar-refractivity contribution in [3.8, 4) is 0 Å². The molecule has 2 N–H and O–H groups in total. The van der Waals surface area contributed by atoms with Crippen molar-refractivity contribution in [1.82, 2.24) is 10.3 Å². The normalized spacial score (nSPS) is 13.9. The zero-order valence-corrected chi connectivity index (χ0v) is 12.0. The van der Waals surface area contributed by atoms with Gasteiger partial charge in [-0.25, -0.2) is 4.98 Å². The van der Waals surface area contributed by atoms with Gasteiger partial charge in [0, 0.05) is 36.4 Å². The summed E-state index contributed by atoms with van der Waals surface area (Å²) in [7, 11) is 0. The van der Waals surface area contributed by atoms with Gasteiger partial charge >= 0.3 is 0 Å². The summed E-state index contributed by atoms with van der Waals surface area (Å²) >= 11 is 1.76. The van der Waals surface area contributed by atoms with Gasteiger partial charge in [0.2, 0.25) is 0 Å². The number of fused-ring (bicyclic) bond motifs is 1. The highest BCUT2D eigenvalue weighted by Gasteiger charge is 2.08. The quantitative estimate of drug-likeness (QED) is 0.899. The summed E-state index contributed by atoms with van der Waals surface area (Å²) in [5.41, 5.74) is 4.14. The number of aromatic nitrogens is 1. The second-order valence-electron chi connectivity index (χ2n) is 4.97. The number of nitrogens with one attached hydrogen (secondary N) is 2. The van der Waals surface area contributed by atoms with E-state index in [1.165, 1.54) is 34.5 Å². The first-order valence-electron chi connectivity index (χ1n) is 6.79. The summed E-state index contributed by atoms with van der Waals surface area (Å²) in [6.07, 6.45) is 4.40. The fourth-order valence-electron chi connectivity index (χ4n) is 2.46. The van der Waals surface area contributed by atoms with Crippen LogP contribution in [0.5, 0.6) is 0 Å². The Hall–Kier alpha value is -1.39. The zero-order chi connectivity index (χ0) is 13.1. The van der Waals surface area contributed by atoms with Crippen molar-refractivity contribution >= 4 is 17.0 Å². The van der Waals surface area contributed by atoms with Crippen LogP contribution in [0.4, 0.5) is 5.69 Å². The van der Waals surface area contributed by atoms with Crippen LogP contribution in [-0.2, 0) is 19.5 Å². The molecule has 0 saturated heterocycles. The molecule has 0 unspecified atom stereocenters. The number of rotatable bonds is 4. The van der Waals surface area contributed by atoms with Crippen molar-refractivity contribution in [3.63, 3.8) is 0 Å². The van der Waals surface area contributed by atoms with Crippen LogP contribution in [0.3, 0.4) is 0 Å². The molecule has 4 heteroatoms. The first kappa shape index (κ1) is 12.6. The molecule has 2 aromatic rings. The number of thiazole rings is 1. The third-order valence-electron chi connectivity index (χ3n) is 3.41. The molecule has 0 spiro atoms. The molecular formula is C15H19N3S. The Labute approximate surface area is 118 Å². The molecule has 1 aromatic carbocycles. The lowest BCUT2D eigenvalue weighted by Crippen LogP contribution is -2.14. The van der Waals surface area contributed by atoms with Gasteiger partial charge < -0.3 is 10.6 Å². The number of hydrogen-bond acceptors (Lipinski definition) is 4. The van der Waals surface area contributed by atoms with E-state index in [4.69, 9.17) is 0 Å². The molecule has 0 saturated carbocycles. The molecule has 100 valence electrons. The summed E-state index contributed by atoms with van der Waals surface area (Å²) < 4.78 is 0. The molecule has 0 radical (unpaired) electrons. The van der Waals surface area contributed by atoms with Crippen molar-refractivity contribution in [2.45, 2.75) is 32.9 Å². The zero-order valence-electron chi connectivity index (χ0n) is 11.2. The lowest BCUT2D eigenvalue weighted by atomic mass is 10.0. The SMILES string of the molecule is Cc1ncc(CNCc2ccc3c(c2)CCCN3)s1. The van der Waals surface area contributed by atoms with Crippen LogP contribution in [0.2, 0.25) is 0 Å². The van der Waals surface area contributed by atoms with Gasteiger partial charge in [-0.3, -0.25) is 0 Å². The molecule has 1 aliphatic heterocycles. The number of benzene rings is 1. The molecule has 0 fully saturated rings. The average Bonchev–Trinajstić information content (AvgIpc) is 2.84. The molecule has 3 nitrogen and oxygen atoms in total. The van der Waals surface area contributed by atoms with Crippen LogP contribution in [0.1, 0.15) is 27.4 Å². The Bertz CT molecular complexity index is 562. The summed E-state index contributed by atoms with van der Waals surface area (Å²) in [6.45, 7) is 4.98. The monoisotopic (exact) mass is 273 g/mol. The number of anilines is 1. The second-order valence-corrected chi connectivity index (χ2v) is 6.29.